The standard InChI is InChI=1S/C12H13BN2O8S2/c1-3-4-21-12(18)14-7-9(16)15-8(11(17)22-13)6(5-24-10(7)15)23-25(2,19)20/h3,7,10H,1,4-5H2,2H3,(H,14,18)/t7-,10-/m1/s1. The normalized spacial score (nSPS) is 22.4. The predicted molar refractivity (Wildman–Crippen MR) is 86.4 cm³/mol. The molecule has 1 N–H and O–H groups in total. The van der Waals surface area contributed by atoms with E-state index in [-0.39, 0.29) is 18.1 Å². The van der Waals surface area contributed by atoms with E-state index >= 15 is 0 Å². The molecule has 0 saturated carbocycles. The predicted octanol–water partition coefficient (Wildman–Crippen LogP) is -1.00. The molecule has 2 amide bonds. The van der Waals surface area contributed by atoms with Crippen LogP contribution in [0.5, 0.6) is 0 Å². The summed E-state index contributed by atoms with van der Waals surface area (Å²) in [6.45, 7) is 3.35. The highest BCUT2D eigenvalue weighted by atomic mass is 32.2. The molecule has 2 heterocycles. The summed E-state index contributed by atoms with van der Waals surface area (Å²) < 4.78 is 36.2. The number of β-lactam (4-membered cyclic amide) rings is 1. The highest BCUT2D eigenvalue weighted by Crippen LogP contribution is 2.41. The summed E-state index contributed by atoms with van der Waals surface area (Å²) in [6, 6.07) is -0.956. The molecule has 2 aliphatic heterocycles. The van der Waals surface area contributed by atoms with E-state index in [0.29, 0.717) is 0 Å². The number of nitrogens with one attached hydrogen (secondary N) is 1. The Morgan fingerprint density at radius 2 is 2.20 bits per heavy atom. The van der Waals surface area contributed by atoms with Crippen molar-refractivity contribution in [3.8, 4) is 0 Å². The van der Waals surface area contributed by atoms with Crippen LogP contribution in [0.3, 0.4) is 0 Å². The zero-order valence-electron chi connectivity index (χ0n) is 13.0. The molecule has 13 heteroatoms. The van der Waals surface area contributed by atoms with Crippen molar-refractivity contribution in [2.24, 2.45) is 0 Å². The fraction of sp³-hybridized carbons (Fsp3) is 0.417. The summed E-state index contributed by atoms with van der Waals surface area (Å²) in [5.74, 6) is -2.13. The Balaban J connectivity index is 2.22. The van der Waals surface area contributed by atoms with Crippen LogP contribution in [-0.4, -0.2) is 69.4 Å². The first-order valence-corrected chi connectivity index (χ1v) is 9.58. The van der Waals surface area contributed by atoms with Gasteiger partial charge in [-0.15, -0.1) is 11.8 Å². The molecule has 10 nitrogen and oxygen atoms in total. The first-order chi connectivity index (χ1) is 11.7. The number of carbonyl (C=O) groups is 3. The number of carbonyl (C=O) groups excluding carboxylic acids is 3. The smallest absolute Gasteiger partial charge is 0.408 e. The van der Waals surface area contributed by atoms with E-state index in [0.717, 1.165) is 22.9 Å². The van der Waals surface area contributed by atoms with E-state index in [2.05, 4.69) is 16.6 Å². The average molecular weight is 388 g/mol. The quantitative estimate of drug-likeness (QED) is 0.264. The molecule has 0 aromatic rings. The van der Waals surface area contributed by atoms with Crippen LogP contribution in [0.2, 0.25) is 0 Å². The summed E-state index contributed by atoms with van der Waals surface area (Å²) in [7, 11) is 0.911. The molecule has 0 aromatic carbocycles. The van der Waals surface area contributed by atoms with Crippen LogP contribution >= 0.6 is 11.8 Å². The number of ether oxygens (including phenoxy) is 1. The number of fused-ring (bicyclic) bond motifs is 1. The van der Waals surface area contributed by atoms with E-state index in [1.165, 1.54) is 6.08 Å². The second-order valence-electron chi connectivity index (χ2n) is 4.88. The SMILES string of the molecule is [B]OC(=O)C1=C(OS(C)(=O)=O)CS[C@@H]2[C@H](NC(=O)OCC=C)C(=O)N12. The lowest BCUT2D eigenvalue weighted by Gasteiger charge is -2.48. The van der Waals surface area contributed by atoms with Crippen LogP contribution in [0, 0.1) is 0 Å². The highest BCUT2D eigenvalue weighted by molar-refractivity contribution is 8.00. The molecule has 2 rings (SSSR count). The van der Waals surface area contributed by atoms with Gasteiger partial charge in [0.05, 0.1) is 12.0 Å². The number of hydrogen-bond donors (Lipinski definition) is 1. The molecule has 0 unspecified atom stereocenters. The lowest BCUT2D eigenvalue weighted by molar-refractivity contribution is -0.148. The lowest BCUT2D eigenvalue weighted by Crippen LogP contribution is -2.70. The Morgan fingerprint density at radius 3 is 2.76 bits per heavy atom. The van der Waals surface area contributed by atoms with Gasteiger partial charge in [-0.1, -0.05) is 12.7 Å². The van der Waals surface area contributed by atoms with Gasteiger partial charge >= 0.3 is 30.2 Å². The number of thioether (sulfide) groups is 1. The van der Waals surface area contributed by atoms with Gasteiger partial charge in [-0.3, -0.25) is 9.69 Å². The highest BCUT2D eigenvalue weighted by Gasteiger charge is 2.55. The van der Waals surface area contributed by atoms with Gasteiger partial charge in [0.25, 0.3) is 5.91 Å². The molecular weight excluding hydrogens is 375 g/mol. The maximum atomic E-state index is 12.3. The third-order valence-corrected chi connectivity index (χ3v) is 4.85. The zero-order chi connectivity index (χ0) is 18.8. The van der Waals surface area contributed by atoms with E-state index in [9.17, 15) is 22.8 Å². The number of nitrogens with zero attached hydrogens (tertiary/aromatic N) is 1. The van der Waals surface area contributed by atoms with Crippen molar-refractivity contribution in [3.05, 3.63) is 24.1 Å². The van der Waals surface area contributed by atoms with Crippen LogP contribution in [0.15, 0.2) is 24.1 Å². The summed E-state index contributed by atoms with van der Waals surface area (Å²) in [5.41, 5.74) is -0.417. The molecule has 134 valence electrons. The molecule has 1 saturated heterocycles. The Hall–Kier alpha value is -2.15. The van der Waals surface area contributed by atoms with Gasteiger partial charge in [0, 0.05) is 0 Å². The van der Waals surface area contributed by atoms with Crippen molar-refractivity contribution >= 4 is 47.9 Å². The van der Waals surface area contributed by atoms with E-state index in [4.69, 9.17) is 17.0 Å². The van der Waals surface area contributed by atoms with Crippen LogP contribution in [0.1, 0.15) is 0 Å². The van der Waals surface area contributed by atoms with Gasteiger partial charge in [-0.2, -0.15) is 8.42 Å². The topological polar surface area (TPSA) is 128 Å². The summed E-state index contributed by atoms with van der Waals surface area (Å²) in [4.78, 5) is 36.7. The number of rotatable bonds is 6. The maximum absolute atomic E-state index is 12.3. The third-order valence-electron chi connectivity index (χ3n) is 3.09. The molecule has 2 atom stereocenters. The van der Waals surface area contributed by atoms with Crippen molar-refractivity contribution in [3.63, 3.8) is 0 Å². The second kappa shape index (κ2) is 7.39. The Labute approximate surface area is 149 Å². The number of hydrogen-bond acceptors (Lipinski definition) is 9. The van der Waals surface area contributed by atoms with Gasteiger partial charge in [-0.05, 0) is 0 Å². The maximum Gasteiger partial charge on any atom is 0.408 e. The van der Waals surface area contributed by atoms with Crippen LogP contribution in [0.4, 0.5) is 4.79 Å². The van der Waals surface area contributed by atoms with E-state index in [1.807, 2.05) is 0 Å². The van der Waals surface area contributed by atoms with Crippen molar-refractivity contribution in [2.45, 2.75) is 11.4 Å². The molecule has 2 radical (unpaired) electrons. The Kier molecular flexibility index (Phi) is 5.67. The minimum atomic E-state index is -3.93. The van der Waals surface area contributed by atoms with Gasteiger partial charge in [0.15, 0.2) is 11.5 Å². The third kappa shape index (κ3) is 4.10. The van der Waals surface area contributed by atoms with Crippen LogP contribution in [0.25, 0.3) is 0 Å². The van der Waals surface area contributed by atoms with Crippen molar-refractivity contribution in [1.29, 1.82) is 0 Å². The minimum Gasteiger partial charge on any atom is -0.539 e. The number of amides is 2. The van der Waals surface area contributed by atoms with Crippen molar-refractivity contribution in [1.82, 2.24) is 10.2 Å². The monoisotopic (exact) mass is 388 g/mol. The fourth-order valence-corrected chi connectivity index (χ4v) is 4.02. The molecule has 0 bridgehead atoms. The summed E-state index contributed by atoms with van der Waals surface area (Å²) >= 11 is 1.09. The zero-order valence-corrected chi connectivity index (χ0v) is 14.6. The minimum absolute atomic E-state index is 0.0364. The largest absolute Gasteiger partial charge is 0.539 e. The van der Waals surface area contributed by atoms with E-state index in [1.54, 1.807) is 0 Å². The fourth-order valence-electron chi connectivity index (χ4n) is 2.19. The molecule has 2 aliphatic rings. The molecule has 1 fully saturated rings. The van der Waals surface area contributed by atoms with Crippen molar-refractivity contribution < 1.29 is 36.4 Å². The summed E-state index contributed by atoms with van der Waals surface area (Å²) in [6.07, 6.45) is 1.32. The molecule has 0 aliphatic carbocycles. The lowest BCUT2D eigenvalue weighted by atomic mass is 10.1. The van der Waals surface area contributed by atoms with Crippen LogP contribution in [-0.2, 0) is 33.3 Å². The van der Waals surface area contributed by atoms with Crippen LogP contribution < -0.4 is 5.32 Å². The van der Waals surface area contributed by atoms with Gasteiger partial charge in [0.1, 0.15) is 18.0 Å². The number of alkyl carbamates (subject to hydrolysis) is 1. The summed E-state index contributed by atoms with van der Waals surface area (Å²) in [5, 5.41) is 1.69. The van der Waals surface area contributed by atoms with Crippen molar-refractivity contribution in [2.75, 3.05) is 18.6 Å². The Bertz CT molecular complexity index is 750. The van der Waals surface area contributed by atoms with Gasteiger partial charge < -0.3 is 18.9 Å². The van der Waals surface area contributed by atoms with Gasteiger partial charge in [-0.25, -0.2) is 9.59 Å². The van der Waals surface area contributed by atoms with E-state index < -0.39 is 45.2 Å². The molecule has 0 spiro atoms. The molecular formula is C12H13BN2O8S2. The first kappa shape index (κ1) is 19.2. The molecule has 0 aromatic heterocycles. The molecule has 25 heavy (non-hydrogen) atoms. The average Bonchev–Trinajstić information content (AvgIpc) is 2.55. The van der Waals surface area contributed by atoms with Gasteiger partial charge in [0.2, 0.25) is 0 Å². The Morgan fingerprint density at radius 1 is 1.52 bits per heavy atom. The second-order valence-corrected chi connectivity index (χ2v) is 7.56. The first-order valence-electron chi connectivity index (χ1n) is 6.72.